The lowest BCUT2D eigenvalue weighted by Crippen LogP contribution is -2.08. The van der Waals surface area contributed by atoms with E-state index in [0.717, 1.165) is 11.1 Å². The van der Waals surface area contributed by atoms with E-state index in [2.05, 4.69) is 25.8 Å². The monoisotopic (exact) mass is 366 g/mol. The summed E-state index contributed by atoms with van der Waals surface area (Å²) in [5.41, 5.74) is 3.83. The van der Waals surface area contributed by atoms with Gasteiger partial charge in [0.1, 0.15) is 22.7 Å². The molecule has 136 valence electrons. The van der Waals surface area contributed by atoms with Crippen molar-refractivity contribution in [2.24, 2.45) is 0 Å². The molecular weight excluding hydrogens is 350 g/mol. The van der Waals surface area contributed by atoms with Crippen molar-refractivity contribution < 1.29 is 8.78 Å². The highest BCUT2D eigenvalue weighted by Gasteiger charge is 2.15. The van der Waals surface area contributed by atoms with Gasteiger partial charge in [-0.25, -0.2) is 13.5 Å². The first-order valence-corrected chi connectivity index (χ1v) is 8.39. The SMILES string of the molecule is Cc1nnc(NCc2ccc(F)cc2)c2c1nnn2Cc1ccc(F)cc1. The highest BCUT2D eigenvalue weighted by molar-refractivity contribution is 5.86. The molecular formula is C19H16F2N6. The minimum Gasteiger partial charge on any atom is -0.363 e. The molecule has 1 N–H and O–H groups in total. The molecule has 0 unspecified atom stereocenters. The predicted molar refractivity (Wildman–Crippen MR) is 97.1 cm³/mol. The Balaban J connectivity index is 1.65. The first-order chi connectivity index (χ1) is 13.1. The van der Waals surface area contributed by atoms with Crippen LogP contribution in [0.4, 0.5) is 14.6 Å². The van der Waals surface area contributed by atoms with Crippen molar-refractivity contribution in [3.8, 4) is 0 Å². The topological polar surface area (TPSA) is 68.5 Å². The van der Waals surface area contributed by atoms with E-state index in [1.54, 1.807) is 28.9 Å². The van der Waals surface area contributed by atoms with Crippen molar-refractivity contribution in [1.82, 2.24) is 25.2 Å². The average molecular weight is 366 g/mol. The number of rotatable bonds is 5. The van der Waals surface area contributed by atoms with Crippen molar-refractivity contribution in [2.45, 2.75) is 20.0 Å². The minimum absolute atomic E-state index is 0.280. The van der Waals surface area contributed by atoms with Gasteiger partial charge in [0.15, 0.2) is 5.82 Å². The molecule has 0 bridgehead atoms. The van der Waals surface area contributed by atoms with E-state index >= 15 is 0 Å². The first-order valence-electron chi connectivity index (χ1n) is 8.39. The van der Waals surface area contributed by atoms with Gasteiger partial charge in [0.2, 0.25) is 0 Å². The van der Waals surface area contributed by atoms with Gasteiger partial charge in [-0.1, -0.05) is 29.5 Å². The van der Waals surface area contributed by atoms with Crippen LogP contribution in [0.5, 0.6) is 0 Å². The minimum atomic E-state index is -0.287. The molecule has 0 saturated heterocycles. The normalized spacial score (nSPS) is 11.1. The van der Waals surface area contributed by atoms with Crippen molar-refractivity contribution >= 4 is 16.9 Å². The van der Waals surface area contributed by atoms with E-state index < -0.39 is 0 Å². The van der Waals surface area contributed by atoms with Crippen LogP contribution in [0.15, 0.2) is 48.5 Å². The summed E-state index contributed by atoms with van der Waals surface area (Å²) < 4.78 is 27.9. The van der Waals surface area contributed by atoms with Crippen LogP contribution in [0.2, 0.25) is 0 Å². The summed E-state index contributed by atoms with van der Waals surface area (Å²) >= 11 is 0. The van der Waals surface area contributed by atoms with Crippen molar-refractivity contribution in [3.63, 3.8) is 0 Å². The highest BCUT2D eigenvalue weighted by atomic mass is 19.1. The Morgan fingerprint density at radius 1 is 0.852 bits per heavy atom. The summed E-state index contributed by atoms with van der Waals surface area (Å²) in [7, 11) is 0. The summed E-state index contributed by atoms with van der Waals surface area (Å²) in [6.45, 7) is 2.69. The van der Waals surface area contributed by atoms with Crippen LogP contribution in [0.1, 0.15) is 16.8 Å². The molecule has 2 aromatic heterocycles. The number of aromatic nitrogens is 5. The van der Waals surface area contributed by atoms with Gasteiger partial charge in [-0.15, -0.1) is 10.2 Å². The molecule has 0 radical (unpaired) electrons. The Morgan fingerprint density at radius 3 is 2.15 bits per heavy atom. The van der Waals surface area contributed by atoms with Crippen LogP contribution in [0.3, 0.4) is 0 Å². The molecule has 4 rings (SSSR count). The maximum Gasteiger partial charge on any atom is 0.176 e. The number of hydrogen-bond donors (Lipinski definition) is 1. The third kappa shape index (κ3) is 3.59. The Bertz CT molecular complexity index is 1070. The number of hydrogen-bond acceptors (Lipinski definition) is 5. The molecule has 0 amide bonds. The maximum absolute atomic E-state index is 13.1. The van der Waals surface area contributed by atoms with Crippen LogP contribution < -0.4 is 5.32 Å². The molecule has 0 saturated carbocycles. The molecule has 0 atom stereocenters. The van der Waals surface area contributed by atoms with Crippen LogP contribution in [0, 0.1) is 18.6 Å². The summed E-state index contributed by atoms with van der Waals surface area (Å²) in [4.78, 5) is 0. The highest BCUT2D eigenvalue weighted by Crippen LogP contribution is 2.22. The van der Waals surface area contributed by atoms with E-state index in [1.807, 2.05) is 6.92 Å². The van der Waals surface area contributed by atoms with Crippen LogP contribution in [-0.2, 0) is 13.1 Å². The lowest BCUT2D eigenvalue weighted by Gasteiger charge is -2.09. The molecule has 0 aliphatic carbocycles. The molecule has 8 heteroatoms. The maximum atomic E-state index is 13.1. The lowest BCUT2D eigenvalue weighted by atomic mass is 10.2. The second kappa shape index (κ2) is 7.06. The third-order valence-electron chi connectivity index (χ3n) is 4.22. The molecule has 0 fully saturated rings. The van der Waals surface area contributed by atoms with Gasteiger partial charge in [-0.3, -0.25) is 0 Å². The fraction of sp³-hybridized carbons (Fsp3) is 0.158. The summed E-state index contributed by atoms with van der Waals surface area (Å²) in [5, 5.41) is 20.0. The van der Waals surface area contributed by atoms with Gasteiger partial charge in [0, 0.05) is 6.54 Å². The molecule has 6 nitrogen and oxygen atoms in total. The van der Waals surface area contributed by atoms with Gasteiger partial charge < -0.3 is 5.32 Å². The fourth-order valence-electron chi connectivity index (χ4n) is 2.79. The number of benzene rings is 2. The second-order valence-electron chi connectivity index (χ2n) is 6.18. The number of nitrogens with one attached hydrogen (secondary N) is 1. The Hall–Kier alpha value is -3.42. The Kier molecular flexibility index (Phi) is 4.45. The van der Waals surface area contributed by atoms with Gasteiger partial charge in [0.25, 0.3) is 0 Å². The zero-order valence-electron chi connectivity index (χ0n) is 14.5. The number of anilines is 1. The van der Waals surface area contributed by atoms with Gasteiger partial charge in [-0.2, -0.15) is 5.10 Å². The van der Waals surface area contributed by atoms with Gasteiger partial charge >= 0.3 is 0 Å². The largest absolute Gasteiger partial charge is 0.363 e. The summed E-state index contributed by atoms with van der Waals surface area (Å²) in [6.07, 6.45) is 0. The van der Waals surface area contributed by atoms with Crippen molar-refractivity contribution in [1.29, 1.82) is 0 Å². The van der Waals surface area contributed by atoms with Crippen molar-refractivity contribution in [2.75, 3.05) is 5.32 Å². The molecule has 27 heavy (non-hydrogen) atoms. The predicted octanol–water partition coefficient (Wildman–Crippen LogP) is 3.47. The number of fused-ring (bicyclic) bond motifs is 1. The second-order valence-corrected chi connectivity index (χ2v) is 6.18. The Morgan fingerprint density at radius 2 is 1.48 bits per heavy atom. The molecule has 2 aromatic carbocycles. The number of aryl methyl sites for hydroxylation is 1. The molecule has 4 aromatic rings. The zero-order valence-corrected chi connectivity index (χ0v) is 14.5. The van der Waals surface area contributed by atoms with E-state index in [1.165, 1.54) is 24.3 Å². The Labute approximate surface area is 153 Å². The van der Waals surface area contributed by atoms with Gasteiger partial charge in [0.05, 0.1) is 12.2 Å². The first kappa shape index (κ1) is 17.0. The third-order valence-corrected chi connectivity index (χ3v) is 4.22. The molecule has 2 heterocycles. The summed E-state index contributed by atoms with van der Waals surface area (Å²) in [6, 6.07) is 12.5. The zero-order chi connectivity index (χ0) is 18.8. The lowest BCUT2D eigenvalue weighted by molar-refractivity contribution is 0.623. The van der Waals surface area contributed by atoms with Crippen LogP contribution >= 0.6 is 0 Å². The van der Waals surface area contributed by atoms with Crippen molar-refractivity contribution in [3.05, 3.63) is 77.0 Å². The van der Waals surface area contributed by atoms with E-state index in [9.17, 15) is 8.78 Å². The number of nitrogens with zero attached hydrogens (tertiary/aromatic N) is 5. The standard InChI is InChI=1S/C19H16F2N6/c1-12-17-18(27(26-24-17)11-14-4-8-16(21)9-5-14)19(25-23-12)22-10-13-2-6-15(20)7-3-13/h2-9H,10-11H2,1H3,(H,22,25). The van der Waals surface area contributed by atoms with E-state index in [0.29, 0.717) is 35.6 Å². The van der Waals surface area contributed by atoms with E-state index in [-0.39, 0.29) is 11.6 Å². The van der Waals surface area contributed by atoms with E-state index in [4.69, 9.17) is 0 Å². The summed E-state index contributed by atoms with van der Waals surface area (Å²) in [5.74, 6) is -0.0320. The van der Waals surface area contributed by atoms with Crippen LogP contribution in [0.25, 0.3) is 11.0 Å². The molecule has 0 aliphatic heterocycles. The van der Waals surface area contributed by atoms with Gasteiger partial charge in [-0.05, 0) is 42.3 Å². The molecule has 0 spiro atoms. The number of halogens is 2. The fourth-order valence-corrected chi connectivity index (χ4v) is 2.79. The average Bonchev–Trinajstić information content (AvgIpc) is 3.09. The quantitative estimate of drug-likeness (QED) is 0.586. The molecule has 0 aliphatic rings. The van der Waals surface area contributed by atoms with Crippen LogP contribution in [-0.4, -0.2) is 25.2 Å². The smallest absolute Gasteiger partial charge is 0.176 e.